The number of benzene rings is 2. The first-order valence-corrected chi connectivity index (χ1v) is 8.74. The van der Waals surface area contributed by atoms with Gasteiger partial charge in [-0.25, -0.2) is 0 Å². The van der Waals surface area contributed by atoms with E-state index in [1.807, 2.05) is 37.3 Å². The summed E-state index contributed by atoms with van der Waals surface area (Å²) in [5, 5.41) is 2.96. The molecule has 0 fully saturated rings. The Morgan fingerprint density at radius 3 is 2.00 bits per heavy atom. The monoisotopic (exact) mass is 373 g/mol. The van der Waals surface area contributed by atoms with Crippen molar-refractivity contribution in [1.29, 1.82) is 0 Å². The molecule has 6 heteroatoms. The second-order valence-corrected chi connectivity index (χ2v) is 6.01. The fourth-order valence-corrected chi connectivity index (χ4v) is 3.04. The van der Waals surface area contributed by atoms with Crippen LogP contribution in [0.5, 0.6) is 17.2 Å². The van der Waals surface area contributed by atoms with E-state index in [2.05, 4.69) is 5.32 Å². The highest BCUT2D eigenvalue weighted by Crippen LogP contribution is 2.38. The molecule has 1 N–H and O–H groups in total. The van der Waals surface area contributed by atoms with E-state index in [1.54, 1.807) is 19.2 Å². The average molecular weight is 373 g/mol. The summed E-state index contributed by atoms with van der Waals surface area (Å²) in [7, 11) is 6.21. The van der Waals surface area contributed by atoms with Gasteiger partial charge in [-0.1, -0.05) is 37.3 Å². The van der Waals surface area contributed by atoms with Crippen molar-refractivity contribution >= 4 is 5.91 Å². The van der Waals surface area contributed by atoms with Crippen LogP contribution < -0.4 is 19.5 Å². The molecule has 0 bridgehead atoms. The van der Waals surface area contributed by atoms with Gasteiger partial charge in [-0.15, -0.1) is 0 Å². The van der Waals surface area contributed by atoms with Crippen LogP contribution >= 0.6 is 0 Å². The zero-order valence-corrected chi connectivity index (χ0v) is 16.5. The van der Waals surface area contributed by atoms with Gasteiger partial charge in [0, 0.05) is 12.7 Å². The molecular formula is C21H27NO5. The van der Waals surface area contributed by atoms with Gasteiger partial charge in [-0.3, -0.25) is 4.79 Å². The van der Waals surface area contributed by atoms with Gasteiger partial charge in [-0.05, 0) is 24.1 Å². The molecule has 2 aromatic rings. The number of hydrogen-bond acceptors (Lipinski definition) is 5. The highest BCUT2D eigenvalue weighted by molar-refractivity contribution is 5.95. The van der Waals surface area contributed by atoms with Gasteiger partial charge < -0.3 is 24.3 Å². The molecule has 2 aromatic carbocycles. The minimum atomic E-state index is -0.600. The number of methoxy groups -OCH3 is 4. The second-order valence-electron chi connectivity index (χ2n) is 6.01. The van der Waals surface area contributed by atoms with E-state index in [1.165, 1.54) is 21.3 Å². The Balaban J connectivity index is 2.26. The summed E-state index contributed by atoms with van der Waals surface area (Å²) in [5.74, 6) is 1.05. The predicted molar refractivity (Wildman–Crippen MR) is 104 cm³/mol. The molecule has 0 aliphatic rings. The molecule has 6 nitrogen and oxygen atoms in total. The lowest BCUT2D eigenvalue weighted by Crippen LogP contribution is -2.42. The highest BCUT2D eigenvalue weighted by atomic mass is 16.5. The Hall–Kier alpha value is -2.73. The van der Waals surface area contributed by atoms with Gasteiger partial charge in [0.05, 0.1) is 27.9 Å². The summed E-state index contributed by atoms with van der Waals surface area (Å²) in [6.07, 6.45) is 0.711. The SMILES string of the molecule is CCC(CNC(=O)c1cc(OC)c(OC)c(OC)c1)(OC)c1ccccc1. The molecule has 1 unspecified atom stereocenters. The van der Waals surface area contributed by atoms with Gasteiger partial charge >= 0.3 is 0 Å². The van der Waals surface area contributed by atoms with E-state index in [4.69, 9.17) is 18.9 Å². The number of ether oxygens (including phenoxy) is 4. The fraction of sp³-hybridized carbons (Fsp3) is 0.381. The van der Waals surface area contributed by atoms with Crippen LogP contribution in [-0.4, -0.2) is 40.9 Å². The quantitative estimate of drug-likeness (QED) is 0.730. The maximum absolute atomic E-state index is 12.8. The van der Waals surface area contributed by atoms with Crippen molar-refractivity contribution in [2.75, 3.05) is 35.0 Å². The van der Waals surface area contributed by atoms with E-state index in [0.29, 0.717) is 35.8 Å². The number of nitrogens with one attached hydrogen (secondary N) is 1. The maximum atomic E-state index is 12.8. The van der Waals surface area contributed by atoms with Crippen LogP contribution in [0.25, 0.3) is 0 Å². The van der Waals surface area contributed by atoms with Gasteiger partial charge in [0.25, 0.3) is 5.91 Å². The lowest BCUT2D eigenvalue weighted by Gasteiger charge is -2.32. The van der Waals surface area contributed by atoms with E-state index in [0.717, 1.165) is 5.56 Å². The molecule has 0 saturated carbocycles. The molecule has 0 saturated heterocycles. The number of carbonyl (C=O) groups excluding carboxylic acids is 1. The van der Waals surface area contributed by atoms with Gasteiger partial charge in [0.15, 0.2) is 11.5 Å². The van der Waals surface area contributed by atoms with Crippen molar-refractivity contribution in [3.05, 3.63) is 53.6 Å². The van der Waals surface area contributed by atoms with Crippen molar-refractivity contribution in [2.45, 2.75) is 18.9 Å². The third-order valence-electron chi connectivity index (χ3n) is 4.72. The first kappa shape index (κ1) is 20.6. The topological polar surface area (TPSA) is 66.0 Å². The standard InChI is InChI=1S/C21H27NO5/c1-6-21(27-5,16-10-8-7-9-11-16)14-22-20(23)15-12-17(24-2)19(26-4)18(13-15)25-3/h7-13H,6,14H2,1-5H3,(H,22,23). The fourth-order valence-electron chi connectivity index (χ4n) is 3.04. The lowest BCUT2D eigenvalue weighted by atomic mass is 9.90. The van der Waals surface area contributed by atoms with Crippen LogP contribution in [0.2, 0.25) is 0 Å². The van der Waals surface area contributed by atoms with E-state index in [-0.39, 0.29) is 5.91 Å². The highest BCUT2D eigenvalue weighted by Gasteiger charge is 2.31. The van der Waals surface area contributed by atoms with Crippen LogP contribution in [0.15, 0.2) is 42.5 Å². The van der Waals surface area contributed by atoms with Gasteiger partial charge in [0.1, 0.15) is 5.60 Å². The molecule has 1 atom stereocenters. The summed E-state index contributed by atoms with van der Waals surface area (Å²) < 4.78 is 21.7. The van der Waals surface area contributed by atoms with Gasteiger partial charge in [-0.2, -0.15) is 0 Å². The number of rotatable bonds is 9. The van der Waals surface area contributed by atoms with E-state index < -0.39 is 5.60 Å². The number of amides is 1. The predicted octanol–water partition coefficient (Wildman–Crippen LogP) is 3.39. The molecule has 0 radical (unpaired) electrons. The van der Waals surface area contributed by atoms with Crippen LogP contribution in [0.1, 0.15) is 29.3 Å². The molecular weight excluding hydrogens is 346 g/mol. The molecule has 0 aliphatic carbocycles. The largest absolute Gasteiger partial charge is 0.493 e. The minimum absolute atomic E-state index is 0.250. The summed E-state index contributed by atoms with van der Waals surface area (Å²) in [5.41, 5.74) is 0.830. The van der Waals surface area contributed by atoms with Crippen molar-refractivity contribution < 1.29 is 23.7 Å². The third-order valence-corrected chi connectivity index (χ3v) is 4.72. The van der Waals surface area contributed by atoms with Crippen molar-refractivity contribution in [1.82, 2.24) is 5.32 Å². The molecule has 0 spiro atoms. The molecule has 27 heavy (non-hydrogen) atoms. The Labute approximate surface area is 160 Å². The van der Waals surface area contributed by atoms with Crippen LogP contribution in [-0.2, 0) is 10.3 Å². The Kier molecular flexibility index (Phi) is 7.07. The van der Waals surface area contributed by atoms with Crippen molar-refractivity contribution in [2.24, 2.45) is 0 Å². The van der Waals surface area contributed by atoms with Crippen molar-refractivity contribution in [3.63, 3.8) is 0 Å². The summed E-state index contributed by atoms with van der Waals surface area (Å²) >= 11 is 0. The summed E-state index contributed by atoms with van der Waals surface area (Å²) in [4.78, 5) is 12.8. The number of carbonyl (C=O) groups is 1. The van der Waals surface area contributed by atoms with E-state index >= 15 is 0 Å². The molecule has 0 heterocycles. The summed E-state index contributed by atoms with van der Waals surface area (Å²) in [6.45, 7) is 2.36. The van der Waals surface area contributed by atoms with Crippen molar-refractivity contribution in [3.8, 4) is 17.2 Å². The normalized spacial score (nSPS) is 12.8. The Morgan fingerprint density at radius 2 is 1.56 bits per heavy atom. The van der Waals surface area contributed by atoms with Crippen LogP contribution in [0, 0.1) is 0 Å². The molecule has 0 aliphatic heterocycles. The summed E-state index contributed by atoms with van der Waals surface area (Å²) in [6, 6.07) is 13.1. The first-order chi connectivity index (χ1) is 13.0. The van der Waals surface area contributed by atoms with Crippen LogP contribution in [0.4, 0.5) is 0 Å². The smallest absolute Gasteiger partial charge is 0.251 e. The molecule has 2 rings (SSSR count). The second kappa shape index (κ2) is 9.28. The zero-order chi connectivity index (χ0) is 19.9. The third kappa shape index (κ3) is 4.34. The maximum Gasteiger partial charge on any atom is 0.251 e. The molecule has 0 aromatic heterocycles. The van der Waals surface area contributed by atoms with Crippen LogP contribution in [0.3, 0.4) is 0 Å². The first-order valence-electron chi connectivity index (χ1n) is 8.74. The number of hydrogen-bond donors (Lipinski definition) is 1. The minimum Gasteiger partial charge on any atom is -0.493 e. The Bertz CT molecular complexity index is 731. The zero-order valence-electron chi connectivity index (χ0n) is 16.5. The molecule has 146 valence electrons. The Morgan fingerprint density at radius 1 is 0.963 bits per heavy atom. The lowest BCUT2D eigenvalue weighted by molar-refractivity contribution is -0.0164. The molecule has 1 amide bonds. The average Bonchev–Trinajstić information content (AvgIpc) is 2.74. The van der Waals surface area contributed by atoms with Gasteiger partial charge in [0.2, 0.25) is 5.75 Å². The van der Waals surface area contributed by atoms with E-state index in [9.17, 15) is 4.79 Å².